The highest BCUT2D eigenvalue weighted by Gasteiger charge is 2.12. The van der Waals surface area contributed by atoms with Crippen LogP contribution in [0.1, 0.15) is 11.1 Å². The topological polar surface area (TPSA) is 79.0 Å². The second kappa shape index (κ2) is 5.88. The minimum absolute atomic E-state index is 0.0821. The van der Waals surface area contributed by atoms with Crippen LogP contribution in [0, 0.1) is 31.9 Å². The maximum Gasteiger partial charge on any atom is 0.282 e. The van der Waals surface area contributed by atoms with Crippen molar-refractivity contribution < 1.29 is 4.92 Å². The van der Waals surface area contributed by atoms with Crippen molar-refractivity contribution in [3.8, 4) is 6.07 Å². The van der Waals surface area contributed by atoms with Gasteiger partial charge >= 0.3 is 0 Å². The van der Waals surface area contributed by atoms with E-state index < -0.39 is 4.92 Å². The van der Waals surface area contributed by atoms with Gasteiger partial charge in [0, 0.05) is 17.4 Å². The number of nitrogens with zero attached hydrogens (tertiary/aromatic N) is 2. The van der Waals surface area contributed by atoms with Crippen molar-refractivity contribution in [2.24, 2.45) is 0 Å². The summed E-state index contributed by atoms with van der Waals surface area (Å²) in [6, 6.07) is 12.3. The Kier molecular flexibility index (Phi) is 4.20. The summed E-state index contributed by atoms with van der Waals surface area (Å²) in [6.45, 7) is 1.93. The van der Waals surface area contributed by atoms with Crippen LogP contribution in [-0.4, -0.2) is 4.92 Å². The van der Waals surface area contributed by atoms with Crippen LogP contribution in [-0.2, 0) is 0 Å². The molecule has 20 heavy (non-hydrogen) atoms. The number of nitriles is 1. The third-order valence-electron chi connectivity index (χ3n) is 2.79. The van der Waals surface area contributed by atoms with Gasteiger partial charge in [-0.3, -0.25) is 10.1 Å². The van der Waals surface area contributed by atoms with Gasteiger partial charge in [-0.2, -0.15) is 5.26 Å². The Morgan fingerprint density at radius 3 is 2.65 bits per heavy atom. The molecule has 0 amide bonds. The Hall–Kier alpha value is -2.14. The minimum Gasteiger partial charge on any atom is -0.355 e. The molecule has 0 aromatic heterocycles. The third-order valence-corrected chi connectivity index (χ3v) is 3.65. The summed E-state index contributed by atoms with van der Waals surface area (Å²) in [5.41, 5.74) is 3.21. The molecule has 0 saturated heterocycles. The summed E-state index contributed by atoms with van der Waals surface area (Å²) in [5, 5.41) is 22.9. The molecule has 2 aromatic carbocycles. The molecule has 0 saturated carbocycles. The summed E-state index contributed by atoms with van der Waals surface area (Å²) in [5.74, 6) is 0. The lowest BCUT2D eigenvalue weighted by atomic mass is 10.1. The number of anilines is 2. The molecule has 0 aliphatic heterocycles. The van der Waals surface area contributed by atoms with E-state index in [-0.39, 0.29) is 5.69 Å². The summed E-state index contributed by atoms with van der Waals surface area (Å²) in [4.78, 5) is 10.4. The molecule has 0 bridgehead atoms. The van der Waals surface area contributed by atoms with Gasteiger partial charge in [0.25, 0.3) is 5.69 Å². The average molecular weight is 379 g/mol. The lowest BCUT2D eigenvalue weighted by Crippen LogP contribution is -1.96. The highest BCUT2D eigenvalue weighted by Crippen LogP contribution is 2.27. The summed E-state index contributed by atoms with van der Waals surface area (Å²) in [7, 11) is 0. The predicted octanol–water partition coefficient (Wildman–Crippen LogP) is 4.12. The van der Waals surface area contributed by atoms with Crippen LogP contribution >= 0.6 is 22.6 Å². The van der Waals surface area contributed by atoms with Crippen molar-refractivity contribution >= 4 is 39.7 Å². The van der Waals surface area contributed by atoms with Crippen LogP contribution in [0.5, 0.6) is 0 Å². The lowest BCUT2D eigenvalue weighted by Gasteiger charge is -2.10. The number of hydrogen-bond acceptors (Lipinski definition) is 4. The number of nitro benzene ring substituents is 1. The van der Waals surface area contributed by atoms with Crippen LogP contribution in [0.4, 0.5) is 17.1 Å². The van der Waals surface area contributed by atoms with Crippen molar-refractivity contribution in [1.82, 2.24) is 0 Å². The first-order chi connectivity index (χ1) is 9.51. The largest absolute Gasteiger partial charge is 0.355 e. The van der Waals surface area contributed by atoms with E-state index in [4.69, 9.17) is 5.26 Å². The zero-order valence-corrected chi connectivity index (χ0v) is 12.7. The number of rotatable bonds is 3. The Morgan fingerprint density at radius 1 is 1.30 bits per heavy atom. The Labute approximate surface area is 129 Å². The fraction of sp³-hybridized carbons (Fsp3) is 0.0714. The fourth-order valence-electron chi connectivity index (χ4n) is 1.71. The van der Waals surface area contributed by atoms with Crippen LogP contribution in [0.2, 0.25) is 0 Å². The van der Waals surface area contributed by atoms with Gasteiger partial charge in [0.1, 0.15) is 0 Å². The highest BCUT2D eigenvalue weighted by molar-refractivity contribution is 14.1. The van der Waals surface area contributed by atoms with E-state index in [0.717, 1.165) is 16.9 Å². The first-order valence-corrected chi connectivity index (χ1v) is 6.81. The zero-order valence-electron chi connectivity index (χ0n) is 10.6. The molecule has 100 valence electrons. The third kappa shape index (κ3) is 3.05. The second-order valence-corrected chi connectivity index (χ2v) is 5.35. The van der Waals surface area contributed by atoms with Crippen molar-refractivity contribution in [1.29, 1.82) is 5.26 Å². The van der Waals surface area contributed by atoms with E-state index in [2.05, 4.69) is 11.4 Å². The molecule has 0 aliphatic carbocycles. The molecule has 0 spiro atoms. The molecule has 0 unspecified atom stereocenters. The number of halogens is 1. The Morgan fingerprint density at radius 2 is 2.05 bits per heavy atom. The van der Waals surface area contributed by atoms with Crippen molar-refractivity contribution in [2.75, 3.05) is 5.32 Å². The summed E-state index contributed by atoms with van der Waals surface area (Å²) in [6.07, 6.45) is 0. The van der Waals surface area contributed by atoms with Gasteiger partial charge in [0.2, 0.25) is 0 Å². The van der Waals surface area contributed by atoms with Crippen molar-refractivity contribution in [2.45, 2.75) is 6.92 Å². The predicted molar refractivity (Wildman–Crippen MR) is 85.0 cm³/mol. The van der Waals surface area contributed by atoms with Gasteiger partial charge in [-0.25, -0.2) is 0 Å². The van der Waals surface area contributed by atoms with E-state index in [1.54, 1.807) is 24.3 Å². The quantitative estimate of drug-likeness (QED) is 0.494. The monoisotopic (exact) mass is 379 g/mol. The molecule has 0 aliphatic rings. The smallest absolute Gasteiger partial charge is 0.282 e. The number of benzene rings is 2. The van der Waals surface area contributed by atoms with Crippen LogP contribution < -0.4 is 5.32 Å². The normalized spacial score (nSPS) is 9.85. The zero-order chi connectivity index (χ0) is 14.7. The SMILES string of the molecule is Cc1ccc(C#N)cc1Nc1ccc([N+](=O)[O-])c(I)c1. The second-order valence-electron chi connectivity index (χ2n) is 4.19. The number of nitrogens with one attached hydrogen (secondary N) is 1. The highest BCUT2D eigenvalue weighted by atomic mass is 127. The standard InChI is InChI=1S/C14H10IN3O2/c1-9-2-3-10(8-16)6-13(9)17-11-4-5-14(18(19)20)12(15)7-11/h2-7,17H,1H3. The lowest BCUT2D eigenvalue weighted by molar-refractivity contribution is -0.385. The molecule has 2 aromatic rings. The maximum absolute atomic E-state index is 10.8. The van der Waals surface area contributed by atoms with Gasteiger partial charge < -0.3 is 5.32 Å². The van der Waals surface area contributed by atoms with E-state index in [1.807, 2.05) is 35.6 Å². The molecular formula is C14H10IN3O2. The van der Waals surface area contributed by atoms with Gasteiger partial charge in [-0.15, -0.1) is 0 Å². The van der Waals surface area contributed by atoms with Gasteiger partial charge in [0.05, 0.1) is 20.1 Å². The van der Waals surface area contributed by atoms with E-state index in [9.17, 15) is 10.1 Å². The molecule has 0 radical (unpaired) electrons. The fourth-order valence-corrected chi connectivity index (χ4v) is 2.43. The minimum atomic E-state index is -0.410. The van der Waals surface area contributed by atoms with Crippen LogP contribution in [0.25, 0.3) is 0 Å². The van der Waals surface area contributed by atoms with E-state index in [1.165, 1.54) is 6.07 Å². The Balaban J connectivity index is 2.33. The number of nitro groups is 1. The van der Waals surface area contributed by atoms with Gasteiger partial charge in [-0.05, 0) is 59.3 Å². The average Bonchev–Trinajstić information content (AvgIpc) is 2.41. The first-order valence-electron chi connectivity index (χ1n) is 5.73. The molecule has 0 heterocycles. The molecule has 2 rings (SSSR count). The molecule has 0 fully saturated rings. The Bertz CT molecular complexity index is 723. The van der Waals surface area contributed by atoms with Crippen molar-refractivity contribution in [3.63, 3.8) is 0 Å². The molecule has 6 heteroatoms. The molecular weight excluding hydrogens is 369 g/mol. The summed E-state index contributed by atoms with van der Waals surface area (Å²) >= 11 is 1.93. The molecule has 0 atom stereocenters. The van der Waals surface area contributed by atoms with E-state index in [0.29, 0.717) is 9.13 Å². The number of aryl methyl sites for hydroxylation is 1. The van der Waals surface area contributed by atoms with E-state index >= 15 is 0 Å². The van der Waals surface area contributed by atoms with Crippen LogP contribution in [0.15, 0.2) is 36.4 Å². The first kappa shape index (κ1) is 14.3. The summed E-state index contributed by atoms with van der Waals surface area (Å²) < 4.78 is 0.562. The van der Waals surface area contributed by atoms with Crippen molar-refractivity contribution in [3.05, 3.63) is 61.2 Å². The molecule has 5 nitrogen and oxygen atoms in total. The number of hydrogen-bond donors (Lipinski definition) is 1. The maximum atomic E-state index is 10.8. The van der Waals surface area contributed by atoms with Gasteiger partial charge in [0.15, 0.2) is 0 Å². The van der Waals surface area contributed by atoms with Crippen LogP contribution in [0.3, 0.4) is 0 Å². The molecule has 1 N–H and O–H groups in total. The van der Waals surface area contributed by atoms with Gasteiger partial charge in [-0.1, -0.05) is 6.07 Å².